The number of rotatable bonds is 16. The molecule has 0 aromatic rings. The van der Waals surface area contributed by atoms with Crippen LogP contribution in [-0.2, 0) is 33.5 Å². The van der Waals surface area contributed by atoms with Gasteiger partial charge in [0, 0.05) is 37.8 Å². The topological polar surface area (TPSA) is 174 Å². The molecule has 4 amide bonds. The maximum atomic E-state index is 12.5. The number of hydrogen-bond acceptors (Lipinski definition) is 9. The fourth-order valence-electron chi connectivity index (χ4n) is 1.89. The van der Waals surface area contributed by atoms with Crippen LogP contribution in [0, 0.1) is 0 Å². The van der Waals surface area contributed by atoms with Crippen molar-refractivity contribution < 1.29 is 33.5 Å². The van der Waals surface area contributed by atoms with Crippen molar-refractivity contribution in [3.8, 4) is 0 Å². The van der Waals surface area contributed by atoms with E-state index in [1.807, 2.05) is 0 Å². The summed E-state index contributed by atoms with van der Waals surface area (Å²) in [5.74, 6) is -2.01. The largest absolute Gasteiger partial charge is 0.467 e. The molecule has 5 N–H and O–H groups in total. The predicted molar refractivity (Wildman–Crippen MR) is 109 cm³/mol. The number of nitrogens with one attached hydrogen (secondary N) is 3. The number of hydrogen-bond donors (Lipinski definition) is 4. The number of nitrogens with two attached hydrogens (primary N) is 1. The summed E-state index contributed by atoms with van der Waals surface area (Å²) in [6.07, 6.45) is -0.329. The van der Waals surface area contributed by atoms with Gasteiger partial charge in [-0.2, -0.15) is 0 Å². The number of carbonyl (C=O) groups is 6. The number of Topliss-reactive ketones (excluding diaryl/α,β-unsaturated/α-hetero) is 1. The van der Waals surface area contributed by atoms with E-state index >= 15 is 0 Å². The van der Waals surface area contributed by atoms with Crippen molar-refractivity contribution in [1.82, 2.24) is 16.0 Å². The van der Waals surface area contributed by atoms with Gasteiger partial charge in [0.1, 0.15) is 24.5 Å². The molecule has 0 saturated heterocycles. The Morgan fingerprint density at radius 2 is 1.76 bits per heavy atom. The van der Waals surface area contributed by atoms with Crippen LogP contribution in [-0.4, -0.2) is 72.6 Å². The van der Waals surface area contributed by atoms with Crippen molar-refractivity contribution >= 4 is 57.5 Å². The summed E-state index contributed by atoms with van der Waals surface area (Å²) in [7, 11) is 2.57. The molecule has 0 aliphatic carbocycles. The Morgan fingerprint density at radius 3 is 2.31 bits per heavy atom. The Hall–Kier alpha value is -2.28. The van der Waals surface area contributed by atoms with Crippen molar-refractivity contribution in [3.05, 3.63) is 0 Å². The number of ketones is 1. The molecular weight excluding hydrogens is 424 g/mol. The molecule has 0 aliphatic heterocycles. The molecule has 13 heteroatoms. The fraction of sp³-hybridized carbons (Fsp3) is 0.625. The fourth-order valence-corrected chi connectivity index (χ4v) is 3.90. The molecule has 0 saturated carbocycles. The summed E-state index contributed by atoms with van der Waals surface area (Å²) >= 11 is 0. The monoisotopic (exact) mass is 450 g/mol. The first-order chi connectivity index (χ1) is 13.7. The van der Waals surface area contributed by atoms with Crippen LogP contribution in [0.3, 0.4) is 0 Å². The minimum atomic E-state index is -1.17. The van der Waals surface area contributed by atoms with Crippen LogP contribution in [0.2, 0.25) is 0 Å². The first-order valence-electron chi connectivity index (χ1n) is 8.60. The van der Waals surface area contributed by atoms with Gasteiger partial charge in [0.2, 0.25) is 23.6 Å². The molecule has 0 rings (SSSR count). The molecule has 0 heterocycles. The summed E-state index contributed by atoms with van der Waals surface area (Å²) in [4.78, 5) is 68.3. The molecule has 0 fully saturated rings. The minimum absolute atomic E-state index is 0.0735. The third kappa shape index (κ3) is 14.4. The smallest absolute Gasteiger partial charge is 0.293 e. The van der Waals surface area contributed by atoms with Crippen LogP contribution >= 0.6 is 21.6 Å². The first kappa shape index (κ1) is 26.7. The highest BCUT2D eigenvalue weighted by Gasteiger charge is 2.26. The van der Waals surface area contributed by atoms with Gasteiger partial charge in [-0.05, 0) is 6.92 Å². The summed E-state index contributed by atoms with van der Waals surface area (Å²) in [5, 5.41) is 7.30. The Balaban J connectivity index is 4.70. The highest BCUT2D eigenvalue weighted by molar-refractivity contribution is 8.76. The third-order valence-corrected chi connectivity index (χ3v) is 5.58. The van der Waals surface area contributed by atoms with Crippen LogP contribution in [0.1, 0.15) is 26.7 Å². The van der Waals surface area contributed by atoms with E-state index in [1.54, 1.807) is 0 Å². The van der Waals surface area contributed by atoms with Crippen LogP contribution < -0.4 is 21.7 Å². The van der Waals surface area contributed by atoms with Gasteiger partial charge in [0.15, 0.2) is 0 Å². The van der Waals surface area contributed by atoms with E-state index in [9.17, 15) is 28.8 Å². The quantitative estimate of drug-likeness (QED) is 0.124. The van der Waals surface area contributed by atoms with Gasteiger partial charge in [-0.15, -0.1) is 0 Å². The van der Waals surface area contributed by atoms with Gasteiger partial charge in [-0.25, -0.2) is 0 Å². The van der Waals surface area contributed by atoms with Gasteiger partial charge in [0.25, 0.3) is 6.47 Å². The van der Waals surface area contributed by atoms with Crippen molar-refractivity contribution in [2.24, 2.45) is 5.73 Å². The van der Waals surface area contributed by atoms with E-state index in [4.69, 9.17) is 5.73 Å². The van der Waals surface area contributed by atoms with Crippen molar-refractivity contribution in [1.29, 1.82) is 0 Å². The van der Waals surface area contributed by atoms with Gasteiger partial charge in [0.05, 0.1) is 0 Å². The highest BCUT2D eigenvalue weighted by Crippen LogP contribution is 2.21. The standard InChI is InChI=1S/C16H26N4O7S2/c1-10(22)7-12(19-14(24)3-4-18-11(2)23)16(26)20-13(15(17)25)8-29-28-6-5-27-9-21/h9,12-13H,3-8H2,1-2H3,(H2,17,25)(H,18,23)(H,19,24)(H,20,26)/t12-,13-/m0/s1. The lowest BCUT2D eigenvalue weighted by Crippen LogP contribution is -2.54. The van der Waals surface area contributed by atoms with Crippen LogP contribution in [0.4, 0.5) is 0 Å². The molecule has 11 nitrogen and oxygen atoms in total. The zero-order valence-corrected chi connectivity index (χ0v) is 17.9. The second kappa shape index (κ2) is 15.6. The van der Waals surface area contributed by atoms with E-state index in [0.717, 1.165) is 0 Å². The van der Waals surface area contributed by atoms with Gasteiger partial charge in [-0.3, -0.25) is 28.8 Å². The van der Waals surface area contributed by atoms with Gasteiger partial charge >= 0.3 is 0 Å². The van der Waals surface area contributed by atoms with Crippen molar-refractivity contribution in [3.63, 3.8) is 0 Å². The molecule has 0 aromatic carbocycles. The number of carbonyl (C=O) groups excluding carboxylic acids is 6. The molecule has 0 aromatic heterocycles. The minimum Gasteiger partial charge on any atom is -0.467 e. The average molecular weight is 451 g/mol. The van der Waals surface area contributed by atoms with Crippen LogP contribution in [0.25, 0.3) is 0 Å². The third-order valence-electron chi connectivity index (χ3n) is 3.20. The molecule has 0 radical (unpaired) electrons. The highest BCUT2D eigenvalue weighted by atomic mass is 33.1. The molecule has 29 heavy (non-hydrogen) atoms. The lowest BCUT2D eigenvalue weighted by atomic mass is 10.1. The van der Waals surface area contributed by atoms with E-state index in [-0.39, 0.29) is 43.4 Å². The number of primary amides is 1. The summed E-state index contributed by atoms with van der Waals surface area (Å²) < 4.78 is 4.53. The molecule has 0 bridgehead atoms. The lowest BCUT2D eigenvalue weighted by Gasteiger charge is -2.21. The van der Waals surface area contributed by atoms with E-state index in [0.29, 0.717) is 12.2 Å². The lowest BCUT2D eigenvalue weighted by molar-refractivity contribution is -0.132. The maximum absolute atomic E-state index is 12.5. The second-order valence-corrected chi connectivity index (χ2v) is 8.42. The average Bonchev–Trinajstić information content (AvgIpc) is 2.61. The van der Waals surface area contributed by atoms with Crippen LogP contribution in [0.15, 0.2) is 0 Å². The van der Waals surface area contributed by atoms with E-state index < -0.39 is 29.8 Å². The maximum Gasteiger partial charge on any atom is 0.293 e. The van der Waals surface area contributed by atoms with E-state index in [2.05, 4.69) is 20.7 Å². The molecule has 164 valence electrons. The normalized spacial score (nSPS) is 12.2. The molecule has 0 unspecified atom stereocenters. The van der Waals surface area contributed by atoms with Gasteiger partial charge < -0.3 is 26.4 Å². The SMILES string of the molecule is CC(=O)C[C@H](NC(=O)CCNC(C)=O)C(=O)N[C@@H](CSSCCOC=O)C(N)=O. The van der Waals surface area contributed by atoms with Gasteiger partial charge in [-0.1, -0.05) is 21.6 Å². The van der Waals surface area contributed by atoms with Crippen LogP contribution in [0.5, 0.6) is 0 Å². The Labute approximate surface area is 176 Å². The summed E-state index contributed by atoms with van der Waals surface area (Å²) in [6.45, 7) is 3.20. The number of amides is 4. The Bertz CT molecular complexity index is 604. The van der Waals surface area contributed by atoms with Crippen molar-refractivity contribution in [2.45, 2.75) is 38.8 Å². The first-order valence-corrected chi connectivity index (χ1v) is 11.1. The second-order valence-electron chi connectivity index (χ2n) is 5.80. The zero-order valence-electron chi connectivity index (χ0n) is 16.2. The van der Waals surface area contributed by atoms with E-state index in [1.165, 1.54) is 35.4 Å². The molecular formula is C16H26N4O7S2. The summed E-state index contributed by atoms with van der Waals surface area (Å²) in [6, 6.07) is -2.18. The Morgan fingerprint density at radius 1 is 1.07 bits per heavy atom. The number of ether oxygens (including phenoxy) is 1. The Kier molecular flexibility index (Phi) is 14.4. The zero-order chi connectivity index (χ0) is 22.2. The molecule has 0 spiro atoms. The molecule has 2 atom stereocenters. The van der Waals surface area contributed by atoms with Crippen molar-refractivity contribution in [2.75, 3.05) is 24.7 Å². The predicted octanol–water partition coefficient (Wildman–Crippen LogP) is -1.50. The molecule has 0 aliphatic rings. The summed E-state index contributed by atoms with van der Waals surface area (Å²) in [5.41, 5.74) is 5.30.